The Morgan fingerprint density at radius 2 is 2.12 bits per heavy atom. The number of ether oxygens (including phenoxy) is 2. The highest BCUT2D eigenvalue weighted by atomic mass is 16.5. The van der Waals surface area contributed by atoms with Crippen LogP contribution in [0.15, 0.2) is 0 Å². The summed E-state index contributed by atoms with van der Waals surface area (Å²) in [5, 5.41) is 12.8. The van der Waals surface area contributed by atoms with Crippen molar-refractivity contribution in [2.24, 2.45) is 0 Å². The van der Waals surface area contributed by atoms with Gasteiger partial charge in [-0.15, -0.1) is 0 Å². The molecule has 0 aromatic rings. The molecule has 3 N–H and O–H groups in total. The van der Waals surface area contributed by atoms with Crippen molar-refractivity contribution in [2.45, 2.75) is 6.04 Å². The number of carbonyl (C=O) groups is 2. The Kier molecular flexibility index (Phi) is 5.67. The van der Waals surface area contributed by atoms with Gasteiger partial charge in [0.1, 0.15) is 0 Å². The smallest absolute Gasteiger partial charge is 0.330 e. The Bertz CT molecular complexity index is 267. The zero-order valence-electron chi connectivity index (χ0n) is 9.64. The molecule has 0 aliphatic carbocycles. The van der Waals surface area contributed by atoms with Crippen LogP contribution in [0.4, 0.5) is 4.79 Å². The van der Waals surface area contributed by atoms with Gasteiger partial charge in [0.25, 0.3) is 0 Å². The van der Waals surface area contributed by atoms with Crippen LogP contribution in [0, 0.1) is 0 Å². The van der Waals surface area contributed by atoms with E-state index in [4.69, 9.17) is 14.6 Å². The summed E-state index contributed by atoms with van der Waals surface area (Å²) in [6.07, 6.45) is 0. The van der Waals surface area contributed by atoms with Gasteiger partial charge in [0.2, 0.25) is 0 Å². The lowest BCUT2D eigenvalue weighted by Crippen LogP contribution is -2.55. The predicted octanol–water partition coefficient (Wildman–Crippen LogP) is -1.37. The molecule has 1 fully saturated rings. The fourth-order valence-electron chi connectivity index (χ4n) is 1.35. The minimum Gasteiger partial charge on any atom is -0.480 e. The lowest BCUT2D eigenvalue weighted by Gasteiger charge is -2.27. The van der Waals surface area contributed by atoms with E-state index in [0.717, 1.165) is 0 Å². The lowest BCUT2D eigenvalue weighted by atomic mass is 10.3. The number of urea groups is 1. The third-order valence-corrected chi connectivity index (χ3v) is 2.21. The molecule has 8 nitrogen and oxygen atoms in total. The van der Waals surface area contributed by atoms with Gasteiger partial charge in [-0.2, -0.15) is 0 Å². The van der Waals surface area contributed by atoms with E-state index >= 15 is 0 Å². The van der Waals surface area contributed by atoms with Crippen LogP contribution >= 0.6 is 0 Å². The Morgan fingerprint density at radius 3 is 2.65 bits per heavy atom. The van der Waals surface area contributed by atoms with Crippen molar-refractivity contribution in [2.75, 3.05) is 40.0 Å². The zero-order chi connectivity index (χ0) is 12.7. The average Bonchev–Trinajstić information content (AvgIpc) is 2.29. The third-order valence-electron chi connectivity index (χ3n) is 2.21. The van der Waals surface area contributed by atoms with Crippen LogP contribution in [-0.4, -0.2) is 68.2 Å². The zero-order valence-corrected chi connectivity index (χ0v) is 9.64. The maximum absolute atomic E-state index is 11.5. The van der Waals surface area contributed by atoms with E-state index in [9.17, 15) is 9.59 Å². The SMILES string of the molecule is COCC(NC(=O)NN1CCOCC1)C(=O)O. The summed E-state index contributed by atoms with van der Waals surface area (Å²) < 4.78 is 9.81. The summed E-state index contributed by atoms with van der Waals surface area (Å²) >= 11 is 0. The highest BCUT2D eigenvalue weighted by Gasteiger charge is 2.21. The number of hydrogen-bond acceptors (Lipinski definition) is 5. The number of rotatable bonds is 5. The second kappa shape index (κ2) is 7.05. The number of methoxy groups -OCH3 is 1. The summed E-state index contributed by atoms with van der Waals surface area (Å²) in [7, 11) is 1.37. The molecule has 1 saturated heterocycles. The molecule has 0 spiro atoms. The van der Waals surface area contributed by atoms with Gasteiger partial charge < -0.3 is 19.9 Å². The van der Waals surface area contributed by atoms with Crippen LogP contribution < -0.4 is 10.7 Å². The van der Waals surface area contributed by atoms with Crippen LogP contribution in [0.3, 0.4) is 0 Å². The number of hydrazine groups is 1. The van der Waals surface area contributed by atoms with Gasteiger partial charge in [0.05, 0.1) is 19.8 Å². The van der Waals surface area contributed by atoms with Gasteiger partial charge in [0, 0.05) is 20.2 Å². The van der Waals surface area contributed by atoms with Crippen LogP contribution in [0.25, 0.3) is 0 Å². The number of aliphatic carboxylic acids is 1. The van der Waals surface area contributed by atoms with Crippen molar-refractivity contribution in [3.63, 3.8) is 0 Å². The van der Waals surface area contributed by atoms with Crippen molar-refractivity contribution in [1.82, 2.24) is 15.8 Å². The number of carboxylic acids is 1. The van der Waals surface area contributed by atoms with E-state index in [1.54, 1.807) is 5.01 Å². The first-order chi connectivity index (χ1) is 8.13. The lowest BCUT2D eigenvalue weighted by molar-refractivity contribution is -0.140. The van der Waals surface area contributed by atoms with Crippen LogP contribution in [0.1, 0.15) is 0 Å². The number of nitrogens with one attached hydrogen (secondary N) is 2. The third kappa shape index (κ3) is 4.98. The first-order valence-electron chi connectivity index (χ1n) is 5.25. The molecule has 0 aromatic carbocycles. The molecule has 1 aliphatic heterocycles. The molecule has 2 amide bonds. The highest BCUT2D eigenvalue weighted by Crippen LogP contribution is 1.92. The van der Waals surface area contributed by atoms with Gasteiger partial charge in [-0.1, -0.05) is 0 Å². The molecular formula is C9H17N3O5. The molecule has 8 heteroatoms. The molecule has 1 heterocycles. The Hall–Kier alpha value is -1.38. The molecule has 0 saturated carbocycles. The number of carboxylic acid groups (broad SMARTS) is 1. The topological polar surface area (TPSA) is 100 Å². The quantitative estimate of drug-likeness (QED) is 0.554. The van der Waals surface area contributed by atoms with E-state index in [1.807, 2.05) is 0 Å². The Balaban J connectivity index is 2.33. The van der Waals surface area contributed by atoms with Crippen molar-refractivity contribution in [3.05, 3.63) is 0 Å². The molecule has 0 radical (unpaired) electrons. The minimum absolute atomic E-state index is 0.0775. The summed E-state index contributed by atoms with van der Waals surface area (Å²) in [6, 6.07) is -1.61. The highest BCUT2D eigenvalue weighted by molar-refractivity contribution is 5.82. The van der Waals surface area contributed by atoms with Gasteiger partial charge in [-0.25, -0.2) is 14.6 Å². The van der Waals surface area contributed by atoms with E-state index in [-0.39, 0.29) is 6.61 Å². The molecule has 1 rings (SSSR count). The van der Waals surface area contributed by atoms with Gasteiger partial charge >= 0.3 is 12.0 Å². The predicted molar refractivity (Wildman–Crippen MR) is 57.4 cm³/mol. The molecule has 1 atom stereocenters. The monoisotopic (exact) mass is 247 g/mol. The number of nitrogens with zero attached hydrogens (tertiary/aromatic N) is 1. The average molecular weight is 247 g/mol. The van der Waals surface area contributed by atoms with Crippen molar-refractivity contribution < 1.29 is 24.2 Å². The van der Waals surface area contributed by atoms with Gasteiger partial charge in [0.15, 0.2) is 6.04 Å². The maximum Gasteiger partial charge on any atom is 0.330 e. The minimum atomic E-state index is -1.14. The van der Waals surface area contributed by atoms with Crippen LogP contribution in [-0.2, 0) is 14.3 Å². The molecule has 17 heavy (non-hydrogen) atoms. The number of hydrogen-bond donors (Lipinski definition) is 3. The molecular weight excluding hydrogens is 230 g/mol. The molecule has 0 bridgehead atoms. The van der Waals surface area contributed by atoms with Gasteiger partial charge in [-0.3, -0.25) is 5.43 Å². The number of amides is 2. The maximum atomic E-state index is 11.5. The second-order valence-electron chi connectivity index (χ2n) is 3.53. The second-order valence-corrected chi connectivity index (χ2v) is 3.53. The van der Waals surface area contributed by atoms with Crippen molar-refractivity contribution in [1.29, 1.82) is 0 Å². The van der Waals surface area contributed by atoms with E-state index in [1.165, 1.54) is 7.11 Å². The van der Waals surface area contributed by atoms with E-state index in [0.29, 0.717) is 26.3 Å². The number of carbonyl (C=O) groups excluding carboxylic acids is 1. The summed E-state index contributed by atoms with van der Waals surface area (Å²) in [5.41, 5.74) is 2.55. The summed E-state index contributed by atoms with van der Waals surface area (Å²) in [5.74, 6) is -1.14. The van der Waals surface area contributed by atoms with E-state index in [2.05, 4.69) is 10.7 Å². The van der Waals surface area contributed by atoms with Gasteiger partial charge in [-0.05, 0) is 0 Å². The molecule has 1 aliphatic rings. The molecule has 0 aromatic heterocycles. The van der Waals surface area contributed by atoms with Crippen molar-refractivity contribution in [3.8, 4) is 0 Å². The molecule has 1 unspecified atom stereocenters. The Labute approximate surface area is 98.8 Å². The van der Waals surface area contributed by atoms with Crippen LogP contribution in [0.5, 0.6) is 0 Å². The first kappa shape index (κ1) is 13.7. The normalized spacial score (nSPS) is 18.4. The fourth-order valence-corrected chi connectivity index (χ4v) is 1.35. The van der Waals surface area contributed by atoms with E-state index < -0.39 is 18.0 Å². The standard InChI is InChI=1S/C9H17N3O5/c1-16-6-7(8(13)14)10-9(15)11-12-2-4-17-5-3-12/h7H,2-6H2,1H3,(H,13,14)(H2,10,11,15). The van der Waals surface area contributed by atoms with Crippen molar-refractivity contribution >= 4 is 12.0 Å². The summed E-state index contributed by atoms with van der Waals surface area (Å²) in [4.78, 5) is 22.2. The largest absolute Gasteiger partial charge is 0.480 e. The number of morpholine rings is 1. The first-order valence-corrected chi connectivity index (χ1v) is 5.25. The summed E-state index contributed by atoms with van der Waals surface area (Å²) in [6.45, 7) is 2.16. The molecule has 98 valence electrons. The fraction of sp³-hybridized carbons (Fsp3) is 0.778. The van der Waals surface area contributed by atoms with Crippen LogP contribution in [0.2, 0.25) is 0 Å². The Morgan fingerprint density at radius 1 is 1.47 bits per heavy atom.